The monoisotopic (exact) mass is 297 g/mol. The third kappa shape index (κ3) is 3.56. The summed E-state index contributed by atoms with van der Waals surface area (Å²) < 4.78 is 5.33. The van der Waals surface area contributed by atoms with Gasteiger partial charge in [-0.25, -0.2) is 4.79 Å². The molecule has 1 aliphatic heterocycles. The Morgan fingerprint density at radius 2 is 2.15 bits per heavy atom. The number of carboxylic acids is 1. The van der Waals surface area contributed by atoms with E-state index in [9.17, 15) is 9.59 Å². The van der Waals surface area contributed by atoms with Crippen LogP contribution < -0.4 is 5.32 Å². The van der Waals surface area contributed by atoms with Crippen LogP contribution in [0.25, 0.3) is 0 Å². The Morgan fingerprint density at radius 1 is 1.45 bits per heavy atom. The number of amides is 1. The van der Waals surface area contributed by atoms with Crippen LogP contribution in [-0.2, 0) is 6.42 Å². The minimum absolute atomic E-state index is 0.0757. The van der Waals surface area contributed by atoms with E-state index in [4.69, 9.17) is 9.52 Å². The van der Waals surface area contributed by atoms with Crippen LogP contribution in [0.2, 0.25) is 0 Å². The molecule has 2 rings (SSSR count). The van der Waals surface area contributed by atoms with Gasteiger partial charge in [-0.15, -0.1) is 0 Å². The van der Waals surface area contributed by atoms with Crippen LogP contribution in [0.3, 0.4) is 0 Å². The lowest BCUT2D eigenvalue weighted by Crippen LogP contribution is -2.30. The zero-order valence-corrected chi connectivity index (χ0v) is 12.3. The largest absolute Gasteiger partial charge is 0.478 e. The van der Waals surface area contributed by atoms with E-state index >= 15 is 0 Å². The highest BCUT2D eigenvalue weighted by atomic mass is 32.2. The number of aryl methyl sites for hydroxylation is 1. The predicted octanol–water partition coefficient (Wildman–Crippen LogP) is 2.41. The van der Waals surface area contributed by atoms with Gasteiger partial charge >= 0.3 is 5.97 Å². The number of carbonyl (C=O) groups is 2. The van der Waals surface area contributed by atoms with E-state index in [1.54, 1.807) is 6.92 Å². The molecule has 0 bridgehead atoms. The van der Waals surface area contributed by atoms with Gasteiger partial charge in [-0.05, 0) is 30.3 Å². The van der Waals surface area contributed by atoms with Gasteiger partial charge in [0, 0.05) is 19.0 Å². The maximum Gasteiger partial charge on any atom is 0.339 e. The molecule has 1 aliphatic rings. The highest BCUT2D eigenvalue weighted by Gasteiger charge is 2.21. The molecule has 20 heavy (non-hydrogen) atoms. The molecule has 1 aromatic heterocycles. The first-order valence-electron chi connectivity index (χ1n) is 6.83. The Balaban J connectivity index is 1.96. The molecule has 0 spiro atoms. The van der Waals surface area contributed by atoms with Gasteiger partial charge < -0.3 is 14.8 Å². The van der Waals surface area contributed by atoms with Crippen molar-refractivity contribution in [2.75, 3.05) is 18.1 Å². The third-order valence-corrected chi connectivity index (χ3v) is 4.53. The van der Waals surface area contributed by atoms with E-state index in [1.807, 2.05) is 11.8 Å². The van der Waals surface area contributed by atoms with E-state index in [2.05, 4.69) is 5.32 Å². The van der Waals surface area contributed by atoms with Gasteiger partial charge in [-0.3, -0.25) is 4.79 Å². The second-order valence-electron chi connectivity index (χ2n) is 4.87. The summed E-state index contributed by atoms with van der Waals surface area (Å²) in [4.78, 5) is 23.0. The fraction of sp³-hybridized carbons (Fsp3) is 0.571. The molecule has 1 saturated heterocycles. The van der Waals surface area contributed by atoms with Gasteiger partial charge in [0.1, 0.15) is 11.3 Å². The van der Waals surface area contributed by atoms with Crippen LogP contribution in [0.15, 0.2) is 10.5 Å². The predicted molar refractivity (Wildman–Crippen MR) is 77.4 cm³/mol. The number of thioether (sulfide) groups is 1. The van der Waals surface area contributed by atoms with E-state index in [0.29, 0.717) is 24.6 Å². The van der Waals surface area contributed by atoms with Crippen molar-refractivity contribution in [2.24, 2.45) is 5.92 Å². The molecule has 1 aromatic rings. The molecule has 0 unspecified atom stereocenters. The average molecular weight is 297 g/mol. The van der Waals surface area contributed by atoms with Crippen molar-refractivity contribution in [1.82, 2.24) is 5.32 Å². The maximum atomic E-state index is 12.0. The second kappa shape index (κ2) is 6.83. The molecule has 2 heterocycles. The van der Waals surface area contributed by atoms with E-state index in [0.717, 1.165) is 24.3 Å². The Labute approximate surface area is 122 Å². The van der Waals surface area contributed by atoms with Crippen LogP contribution >= 0.6 is 11.8 Å². The molecule has 1 fully saturated rings. The van der Waals surface area contributed by atoms with E-state index in [-0.39, 0.29) is 17.2 Å². The van der Waals surface area contributed by atoms with Gasteiger partial charge in [0.15, 0.2) is 5.76 Å². The van der Waals surface area contributed by atoms with Crippen molar-refractivity contribution in [3.8, 4) is 0 Å². The van der Waals surface area contributed by atoms with E-state index < -0.39 is 5.97 Å². The number of aromatic carboxylic acids is 1. The zero-order valence-electron chi connectivity index (χ0n) is 11.5. The number of carboxylic acid groups (broad SMARTS) is 1. The SMILES string of the molecule is CCc1oc(C(=O)NCC2CCSCC2)cc1C(=O)O. The van der Waals surface area contributed by atoms with Crippen molar-refractivity contribution in [2.45, 2.75) is 26.2 Å². The number of rotatable bonds is 5. The van der Waals surface area contributed by atoms with Crippen LogP contribution in [0.5, 0.6) is 0 Å². The summed E-state index contributed by atoms with van der Waals surface area (Å²) in [5.41, 5.74) is 0.0757. The number of carbonyl (C=O) groups excluding carboxylic acids is 1. The lowest BCUT2D eigenvalue weighted by Gasteiger charge is -2.21. The molecular formula is C14H19NO4S. The molecule has 0 saturated carbocycles. The summed E-state index contributed by atoms with van der Waals surface area (Å²) in [6.45, 7) is 2.43. The summed E-state index contributed by atoms with van der Waals surface area (Å²) >= 11 is 1.94. The number of hydrogen-bond acceptors (Lipinski definition) is 4. The normalized spacial score (nSPS) is 16.1. The lowest BCUT2D eigenvalue weighted by molar-refractivity contribution is 0.0694. The molecule has 6 heteroatoms. The molecule has 0 aromatic carbocycles. The van der Waals surface area contributed by atoms with Gasteiger partial charge in [0.25, 0.3) is 5.91 Å². The molecule has 110 valence electrons. The Kier molecular flexibility index (Phi) is 5.11. The summed E-state index contributed by atoms with van der Waals surface area (Å²) in [6, 6.07) is 1.31. The smallest absolute Gasteiger partial charge is 0.339 e. The summed E-state index contributed by atoms with van der Waals surface area (Å²) in [5.74, 6) is 1.84. The van der Waals surface area contributed by atoms with Crippen molar-refractivity contribution in [1.29, 1.82) is 0 Å². The van der Waals surface area contributed by atoms with Crippen LogP contribution in [0.4, 0.5) is 0 Å². The van der Waals surface area contributed by atoms with Crippen LogP contribution in [0, 0.1) is 5.92 Å². The fourth-order valence-corrected chi connectivity index (χ4v) is 3.46. The first-order valence-corrected chi connectivity index (χ1v) is 7.99. The Hall–Kier alpha value is -1.43. The van der Waals surface area contributed by atoms with Gasteiger partial charge in [-0.1, -0.05) is 6.92 Å². The number of hydrogen-bond donors (Lipinski definition) is 2. The molecular weight excluding hydrogens is 278 g/mol. The van der Waals surface area contributed by atoms with Crippen LogP contribution in [0.1, 0.15) is 46.4 Å². The first-order chi connectivity index (χ1) is 9.61. The summed E-state index contributed by atoms with van der Waals surface area (Å²) in [7, 11) is 0. The minimum atomic E-state index is -1.06. The molecule has 0 radical (unpaired) electrons. The van der Waals surface area contributed by atoms with Crippen molar-refractivity contribution in [3.63, 3.8) is 0 Å². The summed E-state index contributed by atoms with van der Waals surface area (Å²) in [5, 5.41) is 11.9. The molecule has 5 nitrogen and oxygen atoms in total. The van der Waals surface area contributed by atoms with Crippen molar-refractivity contribution < 1.29 is 19.1 Å². The maximum absolute atomic E-state index is 12.0. The minimum Gasteiger partial charge on any atom is -0.478 e. The topological polar surface area (TPSA) is 79.5 Å². The quantitative estimate of drug-likeness (QED) is 0.872. The molecule has 1 amide bonds. The molecule has 2 N–H and O–H groups in total. The average Bonchev–Trinajstić information content (AvgIpc) is 2.90. The van der Waals surface area contributed by atoms with Crippen molar-refractivity contribution in [3.05, 3.63) is 23.2 Å². The fourth-order valence-electron chi connectivity index (χ4n) is 2.26. The number of furan rings is 1. The standard InChI is InChI=1S/C14H19NO4S/c1-2-11-10(14(17)18)7-12(19-11)13(16)15-8-9-3-5-20-6-4-9/h7,9H,2-6,8H2,1H3,(H,15,16)(H,17,18). The molecule has 0 atom stereocenters. The zero-order chi connectivity index (χ0) is 14.5. The van der Waals surface area contributed by atoms with E-state index in [1.165, 1.54) is 6.07 Å². The number of nitrogens with one attached hydrogen (secondary N) is 1. The molecule has 0 aliphatic carbocycles. The lowest BCUT2D eigenvalue weighted by atomic mass is 10.0. The van der Waals surface area contributed by atoms with Crippen LogP contribution in [-0.4, -0.2) is 35.0 Å². The second-order valence-corrected chi connectivity index (χ2v) is 6.10. The van der Waals surface area contributed by atoms with Gasteiger partial charge in [0.2, 0.25) is 0 Å². The third-order valence-electron chi connectivity index (χ3n) is 3.48. The van der Waals surface area contributed by atoms with Gasteiger partial charge in [0.05, 0.1) is 0 Å². The highest BCUT2D eigenvalue weighted by Crippen LogP contribution is 2.22. The highest BCUT2D eigenvalue weighted by molar-refractivity contribution is 7.99. The Morgan fingerprint density at radius 3 is 2.70 bits per heavy atom. The first kappa shape index (κ1) is 15.0. The Bertz CT molecular complexity index is 491. The summed E-state index contributed by atoms with van der Waals surface area (Å²) in [6.07, 6.45) is 2.68. The van der Waals surface area contributed by atoms with Crippen molar-refractivity contribution >= 4 is 23.6 Å². The van der Waals surface area contributed by atoms with Gasteiger partial charge in [-0.2, -0.15) is 11.8 Å².